The van der Waals surface area contributed by atoms with Crippen molar-refractivity contribution in [3.63, 3.8) is 0 Å². The Morgan fingerprint density at radius 1 is 1.20 bits per heavy atom. The Bertz CT molecular complexity index is 614. The van der Waals surface area contributed by atoms with Gasteiger partial charge in [-0.25, -0.2) is 4.39 Å². The molecule has 1 atom stereocenters. The number of benzene rings is 2. The lowest BCUT2D eigenvalue weighted by Crippen LogP contribution is -2.02. The van der Waals surface area contributed by atoms with Crippen molar-refractivity contribution in [1.82, 2.24) is 0 Å². The molecule has 2 aromatic carbocycles. The van der Waals surface area contributed by atoms with Crippen molar-refractivity contribution < 1.29 is 13.3 Å². The Hall–Kier alpha value is -1.88. The van der Waals surface area contributed by atoms with E-state index in [0.717, 1.165) is 10.5 Å². The first-order valence-corrected chi connectivity index (χ1v) is 7.65. The van der Waals surface area contributed by atoms with E-state index in [4.69, 9.17) is 4.74 Å². The average Bonchev–Trinajstić information content (AvgIpc) is 2.47. The normalized spacial score (nSPS) is 11.9. The minimum absolute atomic E-state index is 0.322. The number of halogens is 1. The maximum absolute atomic E-state index is 13.6. The van der Waals surface area contributed by atoms with Gasteiger partial charge in [-0.05, 0) is 29.8 Å². The standard InChI is InChI=1S/C15H16FNO2S/c1-19-12-5-8-14(16)15(9-12)17-10-11-3-6-13(7-4-11)20(2)18/h3-9,17H,10H2,1-2H3/t20-/m1/s1. The third kappa shape index (κ3) is 3.57. The predicted octanol–water partition coefficient (Wildman–Crippen LogP) is 3.18. The Morgan fingerprint density at radius 3 is 2.50 bits per heavy atom. The summed E-state index contributed by atoms with van der Waals surface area (Å²) in [6, 6.07) is 11.9. The van der Waals surface area contributed by atoms with E-state index in [1.807, 2.05) is 24.3 Å². The lowest BCUT2D eigenvalue weighted by atomic mass is 10.2. The van der Waals surface area contributed by atoms with Crippen LogP contribution in [0.4, 0.5) is 10.1 Å². The molecule has 0 unspecified atom stereocenters. The van der Waals surface area contributed by atoms with Crippen molar-refractivity contribution in [2.75, 3.05) is 18.7 Å². The van der Waals surface area contributed by atoms with Crippen LogP contribution in [0.25, 0.3) is 0 Å². The van der Waals surface area contributed by atoms with Gasteiger partial charge in [-0.15, -0.1) is 0 Å². The molecule has 0 aliphatic heterocycles. The van der Waals surface area contributed by atoms with Gasteiger partial charge in [-0.3, -0.25) is 4.21 Å². The highest BCUT2D eigenvalue weighted by Gasteiger charge is 2.04. The SMILES string of the molecule is COc1ccc(F)c(NCc2ccc([S@@](C)=O)cc2)c1. The van der Waals surface area contributed by atoms with Crippen LogP contribution < -0.4 is 10.1 Å². The molecule has 0 aromatic heterocycles. The van der Waals surface area contributed by atoms with Gasteiger partial charge in [0.25, 0.3) is 0 Å². The van der Waals surface area contributed by atoms with Gasteiger partial charge >= 0.3 is 0 Å². The molecule has 0 aliphatic rings. The van der Waals surface area contributed by atoms with E-state index in [1.54, 1.807) is 25.5 Å². The zero-order valence-corrected chi connectivity index (χ0v) is 12.2. The van der Waals surface area contributed by atoms with Crippen molar-refractivity contribution in [2.24, 2.45) is 0 Å². The molecule has 0 saturated heterocycles. The summed E-state index contributed by atoms with van der Waals surface area (Å²) in [5, 5.41) is 3.02. The molecule has 0 aliphatic carbocycles. The van der Waals surface area contributed by atoms with Gasteiger partial charge in [0.2, 0.25) is 0 Å². The molecule has 106 valence electrons. The first-order valence-electron chi connectivity index (χ1n) is 6.10. The van der Waals surface area contributed by atoms with Crippen LogP contribution in [0, 0.1) is 5.82 Å². The number of ether oxygens (including phenoxy) is 1. The van der Waals surface area contributed by atoms with E-state index in [1.165, 1.54) is 6.07 Å². The fourth-order valence-corrected chi connectivity index (χ4v) is 2.28. The molecular formula is C15H16FNO2S. The third-order valence-corrected chi connectivity index (χ3v) is 3.85. The summed E-state index contributed by atoms with van der Waals surface area (Å²) in [4.78, 5) is 0.779. The summed E-state index contributed by atoms with van der Waals surface area (Å²) in [6.07, 6.45) is 1.64. The molecule has 0 amide bonds. The van der Waals surface area contributed by atoms with Gasteiger partial charge < -0.3 is 10.1 Å². The molecule has 20 heavy (non-hydrogen) atoms. The van der Waals surface area contributed by atoms with Gasteiger partial charge in [0.1, 0.15) is 11.6 Å². The lowest BCUT2D eigenvalue weighted by molar-refractivity contribution is 0.414. The van der Waals surface area contributed by atoms with Crippen LogP contribution in [0.1, 0.15) is 5.56 Å². The van der Waals surface area contributed by atoms with E-state index in [0.29, 0.717) is 18.0 Å². The number of rotatable bonds is 5. The second-order valence-corrected chi connectivity index (χ2v) is 5.68. The molecule has 1 N–H and O–H groups in total. The van der Waals surface area contributed by atoms with Crippen LogP contribution in [-0.4, -0.2) is 17.6 Å². The van der Waals surface area contributed by atoms with Crippen LogP contribution in [-0.2, 0) is 17.3 Å². The summed E-state index contributed by atoms with van der Waals surface area (Å²) < 4.78 is 30.0. The Morgan fingerprint density at radius 2 is 1.90 bits per heavy atom. The van der Waals surface area contributed by atoms with Crippen molar-refractivity contribution >= 4 is 16.5 Å². The molecule has 0 radical (unpaired) electrons. The summed E-state index contributed by atoms with van der Waals surface area (Å²) in [5.41, 5.74) is 1.38. The van der Waals surface area contributed by atoms with Crippen LogP contribution in [0.2, 0.25) is 0 Å². The van der Waals surface area contributed by atoms with E-state index in [2.05, 4.69) is 5.32 Å². The maximum Gasteiger partial charge on any atom is 0.146 e. The quantitative estimate of drug-likeness (QED) is 0.920. The van der Waals surface area contributed by atoms with Gasteiger partial charge in [-0.2, -0.15) is 0 Å². The first-order chi connectivity index (χ1) is 9.60. The smallest absolute Gasteiger partial charge is 0.146 e. The zero-order valence-electron chi connectivity index (χ0n) is 11.4. The summed E-state index contributed by atoms with van der Waals surface area (Å²) in [7, 11) is 0.560. The number of nitrogens with one attached hydrogen (secondary N) is 1. The molecule has 2 aromatic rings. The fraction of sp³-hybridized carbons (Fsp3) is 0.200. The van der Waals surface area contributed by atoms with Crippen LogP contribution in [0.15, 0.2) is 47.4 Å². The second kappa shape index (κ2) is 6.52. The molecule has 0 fully saturated rings. The highest BCUT2D eigenvalue weighted by Crippen LogP contribution is 2.21. The van der Waals surface area contributed by atoms with E-state index < -0.39 is 10.8 Å². The minimum Gasteiger partial charge on any atom is -0.497 e. The van der Waals surface area contributed by atoms with Gasteiger partial charge in [0, 0.05) is 34.6 Å². The maximum atomic E-state index is 13.6. The van der Waals surface area contributed by atoms with Gasteiger partial charge in [0.15, 0.2) is 0 Å². The predicted molar refractivity (Wildman–Crippen MR) is 79.1 cm³/mol. The average molecular weight is 293 g/mol. The first kappa shape index (κ1) is 14.5. The summed E-state index contributed by atoms with van der Waals surface area (Å²) >= 11 is 0. The van der Waals surface area contributed by atoms with Crippen molar-refractivity contribution in [2.45, 2.75) is 11.4 Å². The monoisotopic (exact) mass is 293 g/mol. The van der Waals surface area contributed by atoms with Crippen molar-refractivity contribution in [3.05, 3.63) is 53.8 Å². The summed E-state index contributed by atoms with van der Waals surface area (Å²) in [5.74, 6) is 0.280. The van der Waals surface area contributed by atoms with Crippen molar-refractivity contribution in [1.29, 1.82) is 0 Å². The largest absolute Gasteiger partial charge is 0.497 e. The van der Waals surface area contributed by atoms with Gasteiger partial charge in [-0.1, -0.05) is 12.1 Å². The van der Waals surface area contributed by atoms with Crippen LogP contribution >= 0.6 is 0 Å². The number of anilines is 1. The number of methoxy groups -OCH3 is 1. The summed E-state index contributed by atoms with van der Waals surface area (Å²) in [6.45, 7) is 0.487. The topological polar surface area (TPSA) is 38.3 Å². The minimum atomic E-state index is -0.982. The lowest BCUT2D eigenvalue weighted by Gasteiger charge is -2.09. The van der Waals surface area contributed by atoms with Crippen LogP contribution in [0.5, 0.6) is 5.75 Å². The van der Waals surface area contributed by atoms with Crippen LogP contribution in [0.3, 0.4) is 0 Å². The number of hydrogen-bond acceptors (Lipinski definition) is 3. The van der Waals surface area contributed by atoms with Gasteiger partial charge in [0.05, 0.1) is 12.8 Å². The van der Waals surface area contributed by atoms with E-state index in [-0.39, 0.29) is 5.82 Å². The fourth-order valence-electron chi connectivity index (χ4n) is 1.76. The van der Waals surface area contributed by atoms with E-state index >= 15 is 0 Å². The van der Waals surface area contributed by atoms with E-state index in [9.17, 15) is 8.60 Å². The molecule has 5 heteroatoms. The Kier molecular flexibility index (Phi) is 4.74. The molecule has 0 saturated carbocycles. The Labute approximate surface area is 120 Å². The molecular weight excluding hydrogens is 277 g/mol. The molecule has 2 rings (SSSR count). The molecule has 0 heterocycles. The highest BCUT2D eigenvalue weighted by molar-refractivity contribution is 7.84. The molecule has 3 nitrogen and oxygen atoms in total. The molecule has 0 bridgehead atoms. The second-order valence-electron chi connectivity index (χ2n) is 4.30. The Balaban J connectivity index is 2.06. The third-order valence-electron chi connectivity index (χ3n) is 2.91. The van der Waals surface area contributed by atoms with Crippen molar-refractivity contribution in [3.8, 4) is 5.75 Å². The zero-order chi connectivity index (χ0) is 14.5. The highest BCUT2D eigenvalue weighted by atomic mass is 32.2. The molecule has 0 spiro atoms. The number of hydrogen-bond donors (Lipinski definition) is 1.